The normalized spacial score (nSPS) is 10.3. The van der Waals surface area contributed by atoms with Crippen molar-refractivity contribution in [3.05, 3.63) is 83.2 Å². The number of benzene rings is 2. The molecule has 0 fully saturated rings. The Morgan fingerprint density at radius 3 is 2.61 bits per heavy atom. The molecule has 23 heavy (non-hydrogen) atoms. The maximum absolute atomic E-state index is 12.5. The maximum atomic E-state index is 12.5. The number of nitrogens with zero attached hydrogens (tertiary/aromatic N) is 1. The Bertz CT molecular complexity index is 854. The Labute approximate surface area is 133 Å². The number of nitrogens with one attached hydrogen (secondary N) is 2. The molecule has 0 saturated heterocycles. The molecule has 3 aromatic rings. The number of ketones is 1. The number of aromatic amines is 1. The molecule has 2 N–H and O–H groups in total. The van der Waals surface area contributed by atoms with Gasteiger partial charge in [0.2, 0.25) is 0 Å². The Morgan fingerprint density at radius 2 is 1.87 bits per heavy atom. The monoisotopic (exact) mass is 305 g/mol. The molecule has 0 aliphatic carbocycles. The van der Waals surface area contributed by atoms with Gasteiger partial charge < -0.3 is 5.32 Å². The van der Waals surface area contributed by atoms with E-state index in [1.165, 1.54) is 12.4 Å². The van der Waals surface area contributed by atoms with Gasteiger partial charge in [-0.25, -0.2) is 0 Å². The molecule has 1 amide bonds. The topological polar surface area (TPSA) is 74.8 Å². The largest absolute Gasteiger partial charge is 0.321 e. The Hall–Kier alpha value is -3.21. The van der Waals surface area contributed by atoms with Crippen molar-refractivity contribution in [2.24, 2.45) is 0 Å². The number of amides is 1. The molecule has 0 saturated carbocycles. The Morgan fingerprint density at radius 1 is 1.04 bits per heavy atom. The van der Waals surface area contributed by atoms with Crippen LogP contribution >= 0.6 is 0 Å². The molecule has 5 heteroatoms. The van der Waals surface area contributed by atoms with E-state index in [1.807, 2.05) is 19.1 Å². The van der Waals surface area contributed by atoms with E-state index in [1.54, 1.807) is 36.4 Å². The summed E-state index contributed by atoms with van der Waals surface area (Å²) >= 11 is 0. The third-order valence-corrected chi connectivity index (χ3v) is 3.46. The zero-order chi connectivity index (χ0) is 16.2. The zero-order valence-electron chi connectivity index (χ0n) is 12.5. The highest BCUT2D eigenvalue weighted by Crippen LogP contribution is 2.20. The highest BCUT2D eigenvalue weighted by atomic mass is 16.1. The first-order valence-electron chi connectivity index (χ1n) is 7.15. The molecule has 0 atom stereocenters. The van der Waals surface area contributed by atoms with Gasteiger partial charge in [0.05, 0.1) is 17.4 Å². The number of anilines is 1. The second kappa shape index (κ2) is 6.27. The summed E-state index contributed by atoms with van der Waals surface area (Å²) in [6.07, 6.45) is 2.99. The van der Waals surface area contributed by atoms with Crippen molar-refractivity contribution < 1.29 is 9.59 Å². The number of hydrogen-bond donors (Lipinski definition) is 2. The molecule has 5 nitrogen and oxygen atoms in total. The van der Waals surface area contributed by atoms with E-state index in [-0.39, 0.29) is 11.7 Å². The van der Waals surface area contributed by atoms with Crippen LogP contribution in [0.4, 0.5) is 5.69 Å². The predicted molar refractivity (Wildman–Crippen MR) is 87.6 cm³/mol. The average Bonchev–Trinajstić information content (AvgIpc) is 3.09. The first-order chi connectivity index (χ1) is 11.1. The minimum absolute atomic E-state index is 0.195. The van der Waals surface area contributed by atoms with Crippen molar-refractivity contribution in [1.82, 2.24) is 10.2 Å². The molecular formula is C18H15N3O2. The quantitative estimate of drug-likeness (QED) is 0.727. The molecule has 0 aliphatic rings. The van der Waals surface area contributed by atoms with Gasteiger partial charge in [-0.2, -0.15) is 5.10 Å². The molecule has 1 aromatic heterocycles. The smallest absolute Gasteiger partial charge is 0.255 e. The Balaban J connectivity index is 1.89. The fraction of sp³-hybridized carbons (Fsp3) is 0.0556. The molecule has 0 spiro atoms. The van der Waals surface area contributed by atoms with Crippen LogP contribution < -0.4 is 5.32 Å². The van der Waals surface area contributed by atoms with E-state index in [0.29, 0.717) is 22.4 Å². The van der Waals surface area contributed by atoms with Gasteiger partial charge in [0.1, 0.15) is 0 Å². The van der Waals surface area contributed by atoms with Gasteiger partial charge in [-0.05, 0) is 31.2 Å². The average molecular weight is 305 g/mol. The van der Waals surface area contributed by atoms with Gasteiger partial charge in [0, 0.05) is 17.3 Å². The molecule has 114 valence electrons. The highest BCUT2D eigenvalue weighted by molar-refractivity contribution is 6.15. The van der Waals surface area contributed by atoms with E-state index in [4.69, 9.17) is 0 Å². The fourth-order valence-electron chi connectivity index (χ4n) is 2.30. The van der Waals surface area contributed by atoms with Crippen LogP contribution in [0.25, 0.3) is 0 Å². The lowest BCUT2D eigenvalue weighted by atomic mass is 10.0. The lowest BCUT2D eigenvalue weighted by Gasteiger charge is -2.10. The second-order valence-corrected chi connectivity index (χ2v) is 5.19. The van der Waals surface area contributed by atoms with Crippen LogP contribution in [0.2, 0.25) is 0 Å². The number of rotatable bonds is 4. The van der Waals surface area contributed by atoms with Gasteiger partial charge in [-0.3, -0.25) is 14.7 Å². The van der Waals surface area contributed by atoms with E-state index < -0.39 is 0 Å². The van der Waals surface area contributed by atoms with E-state index in [0.717, 1.165) is 5.56 Å². The highest BCUT2D eigenvalue weighted by Gasteiger charge is 2.16. The molecule has 0 radical (unpaired) electrons. The molecule has 3 rings (SSSR count). The summed E-state index contributed by atoms with van der Waals surface area (Å²) in [6, 6.07) is 14.2. The van der Waals surface area contributed by atoms with Crippen molar-refractivity contribution in [3.8, 4) is 0 Å². The number of aromatic nitrogens is 2. The van der Waals surface area contributed by atoms with E-state index in [2.05, 4.69) is 15.5 Å². The van der Waals surface area contributed by atoms with E-state index in [9.17, 15) is 9.59 Å². The van der Waals surface area contributed by atoms with Crippen molar-refractivity contribution >= 4 is 17.4 Å². The second-order valence-electron chi connectivity index (χ2n) is 5.19. The number of hydrogen-bond acceptors (Lipinski definition) is 3. The summed E-state index contributed by atoms with van der Waals surface area (Å²) < 4.78 is 0. The maximum Gasteiger partial charge on any atom is 0.255 e. The van der Waals surface area contributed by atoms with E-state index >= 15 is 0 Å². The number of carbonyl (C=O) groups is 2. The predicted octanol–water partition coefficient (Wildman–Crippen LogP) is 3.20. The van der Waals surface area contributed by atoms with Crippen molar-refractivity contribution in [1.29, 1.82) is 0 Å². The molecule has 1 heterocycles. The SMILES string of the molecule is Cc1cccc(C(=O)Nc2ccccc2C(=O)c2cn[nH]c2)c1. The van der Waals surface area contributed by atoms with Gasteiger partial charge in [0.25, 0.3) is 5.91 Å². The van der Waals surface area contributed by atoms with Crippen LogP contribution in [0.5, 0.6) is 0 Å². The summed E-state index contributed by atoms with van der Waals surface area (Å²) in [7, 11) is 0. The molecular weight excluding hydrogens is 290 g/mol. The molecule has 0 bridgehead atoms. The fourth-order valence-corrected chi connectivity index (χ4v) is 2.30. The number of carbonyl (C=O) groups excluding carboxylic acids is 2. The van der Waals surface area contributed by atoms with Crippen molar-refractivity contribution in [3.63, 3.8) is 0 Å². The van der Waals surface area contributed by atoms with Gasteiger partial charge >= 0.3 is 0 Å². The van der Waals surface area contributed by atoms with Crippen LogP contribution in [0.1, 0.15) is 31.8 Å². The molecule has 2 aromatic carbocycles. The minimum Gasteiger partial charge on any atom is -0.321 e. The number of para-hydroxylation sites is 1. The summed E-state index contributed by atoms with van der Waals surface area (Å²) in [5.41, 5.74) is 2.90. The van der Waals surface area contributed by atoms with Gasteiger partial charge in [0.15, 0.2) is 5.78 Å². The zero-order valence-corrected chi connectivity index (χ0v) is 12.5. The van der Waals surface area contributed by atoms with Gasteiger partial charge in [-0.15, -0.1) is 0 Å². The van der Waals surface area contributed by atoms with Crippen LogP contribution in [0.15, 0.2) is 60.9 Å². The molecule has 0 aliphatic heterocycles. The molecule has 0 unspecified atom stereocenters. The lowest BCUT2D eigenvalue weighted by molar-refractivity contribution is 0.102. The third-order valence-electron chi connectivity index (χ3n) is 3.46. The minimum atomic E-state index is -0.249. The first kappa shape index (κ1) is 14.7. The first-order valence-corrected chi connectivity index (χ1v) is 7.15. The third kappa shape index (κ3) is 3.18. The summed E-state index contributed by atoms with van der Waals surface area (Å²) in [5.74, 6) is -0.444. The number of aryl methyl sites for hydroxylation is 1. The Kier molecular flexibility index (Phi) is 4.01. The summed E-state index contributed by atoms with van der Waals surface area (Å²) in [5, 5.41) is 9.20. The summed E-state index contributed by atoms with van der Waals surface area (Å²) in [4.78, 5) is 24.9. The van der Waals surface area contributed by atoms with Crippen LogP contribution in [0.3, 0.4) is 0 Å². The van der Waals surface area contributed by atoms with Crippen molar-refractivity contribution in [2.45, 2.75) is 6.92 Å². The van der Waals surface area contributed by atoms with Crippen LogP contribution in [-0.4, -0.2) is 21.9 Å². The van der Waals surface area contributed by atoms with Crippen LogP contribution in [-0.2, 0) is 0 Å². The number of H-pyrrole nitrogens is 1. The van der Waals surface area contributed by atoms with Gasteiger partial charge in [-0.1, -0.05) is 29.8 Å². The van der Waals surface area contributed by atoms with Crippen LogP contribution in [0, 0.1) is 6.92 Å². The van der Waals surface area contributed by atoms with Crippen molar-refractivity contribution in [2.75, 3.05) is 5.32 Å². The lowest BCUT2D eigenvalue weighted by Crippen LogP contribution is -2.15. The standard InChI is InChI=1S/C18H15N3O2/c1-12-5-4-6-13(9-12)18(23)21-16-8-3-2-7-15(16)17(22)14-10-19-20-11-14/h2-11H,1H3,(H,19,20)(H,21,23). The summed E-state index contributed by atoms with van der Waals surface area (Å²) in [6.45, 7) is 1.92.